The molecule has 0 spiro atoms. The van der Waals surface area contributed by atoms with Gasteiger partial charge in [-0.15, -0.1) is 0 Å². The van der Waals surface area contributed by atoms with Crippen molar-refractivity contribution < 1.29 is 0 Å². The van der Waals surface area contributed by atoms with E-state index in [0.29, 0.717) is 6.04 Å². The van der Waals surface area contributed by atoms with Crippen molar-refractivity contribution in [3.8, 4) is 0 Å². The summed E-state index contributed by atoms with van der Waals surface area (Å²) in [6, 6.07) is 2.50. The van der Waals surface area contributed by atoms with E-state index < -0.39 is 0 Å². The van der Waals surface area contributed by atoms with E-state index in [4.69, 9.17) is 5.73 Å². The SMILES string of the molecule is CCC(N)c1ccn(C(C)C)n1. The molecule has 68 valence electrons. The van der Waals surface area contributed by atoms with E-state index in [0.717, 1.165) is 12.1 Å². The molecule has 0 fully saturated rings. The molecule has 0 aliphatic rings. The van der Waals surface area contributed by atoms with Crippen LogP contribution >= 0.6 is 0 Å². The van der Waals surface area contributed by atoms with Crippen LogP contribution in [0, 0.1) is 0 Å². The van der Waals surface area contributed by atoms with Crippen molar-refractivity contribution >= 4 is 0 Å². The fraction of sp³-hybridized carbons (Fsp3) is 0.667. The fourth-order valence-electron chi connectivity index (χ4n) is 1.05. The van der Waals surface area contributed by atoms with Crippen LogP contribution in [0.1, 0.15) is 45.0 Å². The molecule has 0 radical (unpaired) electrons. The molecule has 1 atom stereocenters. The molecule has 1 aromatic heterocycles. The van der Waals surface area contributed by atoms with Crippen LogP contribution in [0.2, 0.25) is 0 Å². The van der Waals surface area contributed by atoms with Gasteiger partial charge in [0, 0.05) is 18.3 Å². The topological polar surface area (TPSA) is 43.8 Å². The third kappa shape index (κ3) is 1.85. The van der Waals surface area contributed by atoms with Crippen molar-refractivity contribution in [3.05, 3.63) is 18.0 Å². The lowest BCUT2D eigenvalue weighted by atomic mass is 10.2. The Labute approximate surface area is 73.6 Å². The van der Waals surface area contributed by atoms with Gasteiger partial charge in [-0.2, -0.15) is 5.10 Å². The average molecular weight is 167 g/mol. The van der Waals surface area contributed by atoms with E-state index >= 15 is 0 Å². The number of nitrogens with two attached hydrogens (primary N) is 1. The van der Waals surface area contributed by atoms with Crippen molar-refractivity contribution in [2.45, 2.75) is 39.3 Å². The Bertz CT molecular complexity index is 240. The third-order valence-corrected chi connectivity index (χ3v) is 1.98. The second-order valence-corrected chi connectivity index (χ2v) is 3.33. The molecule has 1 heterocycles. The van der Waals surface area contributed by atoms with Gasteiger partial charge < -0.3 is 5.73 Å². The van der Waals surface area contributed by atoms with Crippen LogP contribution in [0.5, 0.6) is 0 Å². The standard InChI is InChI=1S/C9H17N3/c1-4-8(10)9-5-6-12(11-9)7(2)3/h5-8H,4,10H2,1-3H3. The summed E-state index contributed by atoms with van der Waals surface area (Å²) in [7, 11) is 0. The number of hydrogen-bond acceptors (Lipinski definition) is 2. The number of rotatable bonds is 3. The zero-order valence-electron chi connectivity index (χ0n) is 7.99. The summed E-state index contributed by atoms with van der Waals surface area (Å²) in [4.78, 5) is 0. The molecule has 0 aliphatic carbocycles. The van der Waals surface area contributed by atoms with E-state index in [1.54, 1.807) is 0 Å². The van der Waals surface area contributed by atoms with Crippen molar-refractivity contribution in [2.24, 2.45) is 5.73 Å². The second-order valence-electron chi connectivity index (χ2n) is 3.33. The molecule has 1 unspecified atom stereocenters. The molecule has 0 saturated carbocycles. The average Bonchev–Trinajstić information content (AvgIpc) is 2.51. The van der Waals surface area contributed by atoms with Crippen molar-refractivity contribution in [3.63, 3.8) is 0 Å². The largest absolute Gasteiger partial charge is 0.323 e. The van der Waals surface area contributed by atoms with Gasteiger partial charge in [-0.25, -0.2) is 0 Å². The predicted molar refractivity (Wildman–Crippen MR) is 49.8 cm³/mol. The van der Waals surface area contributed by atoms with E-state index in [-0.39, 0.29) is 6.04 Å². The fourth-order valence-corrected chi connectivity index (χ4v) is 1.05. The molecule has 0 saturated heterocycles. The lowest BCUT2D eigenvalue weighted by molar-refractivity contribution is 0.516. The van der Waals surface area contributed by atoms with E-state index in [1.807, 2.05) is 16.9 Å². The second kappa shape index (κ2) is 3.72. The molecule has 1 aromatic rings. The molecule has 12 heavy (non-hydrogen) atoms. The maximum absolute atomic E-state index is 5.83. The van der Waals surface area contributed by atoms with Gasteiger partial charge in [-0.05, 0) is 26.3 Å². The summed E-state index contributed by atoms with van der Waals surface area (Å²) in [6.45, 7) is 6.28. The van der Waals surface area contributed by atoms with Gasteiger partial charge in [0.15, 0.2) is 0 Å². The molecule has 0 aliphatic heterocycles. The molecule has 0 bridgehead atoms. The smallest absolute Gasteiger partial charge is 0.0791 e. The zero-order chi connectivity index (χ0) is 9.14. The van der Waals surface area contributed by atoms with Crippen molar-refractivity contribution in [1.82, 2.24) is 9.78 Å². The Balaban J connectivity index is 2.77. The molecule has 3 nitrogen and oxygen atoms in total. The van der Waals surface area contributed by atoms with Crippen LogP contribution in [0.25, 0.3) is 0 Å². The molecule has 2 N–H and O–H groups in total. The molecule has 3 heteroatoms. The van der Waals surface area contributed by atoms with Gasteiger partial charge >= 0.3 is 0 Å². The Hall–Kier alpha value is -0.830. The third-order valence-electron chi connectivity index (χ3n) is 1.98. The minimum atomic E-state index is 0.0880. The Morgan fingerprint density at radius 3 is 2.67 bits per heavy atom. The van der Waals surface area contributed by atoms with Gasteiger partial charge in [-0.1, -0.05) is 6.92 Å². The van der Waals surface area contributed by atoms with Crippen molar-refractivity contribution in [2.75, 3.05) is 0 Å². The summed E-state index contributed by atoms with van der Waals surface area (Å²) in [5.74, 6) is 0. The number of aromatic nitrogens is 2. The quantitative estimate of drug-likeness (QED) is 0.747. The molecule has 1 rings (SSSR count). The van der Waals surface area contributed by atoms with Crippen LogP contribution in [0.4, 0.5) is 0 Å². The van der Waals surface area contributed by atoms with Gasteiger partial charge in [0.05, 0.1) is 5.69 Å². The van der Waals surface area contributed by atoms with Crippen LogP contribution < -0.4 is 5.73 Å². The Morgan fingerprint density at radius 2 is 2.25 bits per heavy atom. The van der Waals surface area contributed by atoms with Gasteiger partial charge in [0.2, 0.25) is 0 Å². The van der Waals surface area contributed by atoms with Crippen LogP contribution in [0.3, 0.4) is 0 Å². The van der Waals surface area contributed by atoms with E-state index in [2.05, 4.69) is 25.9 Å². The van der Waals surface area contributed by atoms with Crippen molar-refractivity contribution in [1.29, 1.82) is 0 Å². The highest BCUT2D eigenvalue weighted by atomic mass is 15.3. The summed E-state index contributed by atoms with van der Waals surface area (Å²) < 4.78 is 1.94. The molecular weight excluding hydrogens is 150 g/mol. The molecule has 0 amide bonds. The molecular formula is C9H17N3. The maximum Gasteiger partial charge on any atom is 0.0791 e. The lowest BCUT2D eigenvalue weighted by Gasteiger charge is -2.06. The highest BCUT2D eigenvalue weighted by Crippen LogP contribution is 2.12. The zero-order valence-corrected chi connectivity index (χ0v) is 7.99. The lowest BCUT2D eigenvalue weighted by Crippen LogP contribution is -2.10. The normalized spacial score (nSPS) is 13.8. The highest BCUT2D eigenvalue weighted by Gasteiger charge is 2.07. The monoisotopic (exact) mass is 167 g/mol. The Kier molecular flexibility index (Phi) is 2.87. The first kappa shape index (κ1) is 9.26. The summed E-state index contributed by atoms with van der Waals surface area (Å²) in [5, 5.41) is 4.37. The predicted octanol–water partition coefficient (Wildman–Crippen LogP) is 1.87. The summed E-state index contributed by atoms with van der Waals surface area (Å²) >= 11 is 0. The first-order chi connectivity index (χ1) is 5.65. The van der Waals surface area contributed by atoms with E-state index in [9.17, 15) is 0 Å². The number of nitrogens with zero attached hydrogens (tertiary/aromatic N) is 2. The number of hydrogen-bond donors (Lipinski definition) is 1. The van der Waals surface area contributed by atoms with Crippen LogP contribution in [0.15, 0.2) is 12.3 Å². The first-order valence-electron chi connectivity index (χ1n) is 4.45. The Morgan fingerprint density at radius 1 is 1.58 bits per heavy atom. The van der Waals surface area contributed by atoms with Gasteiger partial charge in [0.1, 0.15) is 0 Å². The van der Waals surface area contributed by atoms with Gasteiger partial charge in [0.25, 0.3) is 0 Å². The molecule has 0 aromatic carbocycles. The van der Waals surface area contributed by atoms with Crippen LogP contribution in [-0.2, 0) is 0 Å². The minimum Gasteiger partial charge on any atom is -0.323 e. The highest BCUT2D eigenvalue weighted by molar-refractivity contribution is 5.04. The van der Waals surface area contributed by atoms with Crippen LogP contribution in [-0.4, -0.2) is 9.78 Å². The van der Waals surface area contributed by atoms with E-state index in [1.165, 1.54) is 0 Å². The summed E-state index contributed by atoms with van der Waals surface area (Å²) in [6.07, 6.45) is 2.92. The van der Waals surface area contributed by atoms with Gasteiger partial charge in [-0.3, -0.25) is 4.68 Å². The maximum atomic E-state index is 5.83. The summed E-state index contributed by atoms with van der Waals surface area (Å²) in [5.41, 5.74) is 6.82. The minimum absolute atomic E-state index is 0.0880. The first-order valence-corrected chi connectivity index (χ1v) is 4.45.